The van der Waals surface area contributed by atoms with Gasteiger partial charge in [0.05, 0.1) is 11.8 Å². The van der Waals surface area contributed by atoms with Gasteiger partial charge >= 0.3 is 0 Å². The molecule has 0 spiro atoms. The van der Waals surface area contributed by atoms with Gasteiger partial charge in [-0.25, -0.2) is 0 Å². The normalized spacial score (nSPS) is 18.7. The number of Topliss-reactive ketones (excluding diaryl/α,β-unsaturated/α-hetero) is 1. The van der Waals surface area contributed by atoms with Crippen molar-refractivity contribution >= 4 is 28.2 Å². The van der Waals surface area contributed by atoms with Gasteiger partial charge in [-0.3, -0.25) is 9.59 Å². The van der Waals surface area contributed by atoms with Gasteiger partial charge in [0, 0.05) is 25.8 Å². The second kappa shape index (κ2) is 7.93. The van der Waals surface area contributed by atoms with Crippen LogP contribution in [-0.2, 0) is 14.3 Å². The van der Waals surface area contributed by atoms with Crippen molar-refractivity contribution in [1.29, 1.82) is 0 Å². The summed E-state index contributed by atoms with van der Waals surface area (Å²) < 4.78 is 10.6. The topological polar surface area (TPSA) is 80.0 Å². The molecule has 2 heterocycles. The molecule has 1 saturated heterocycles. The van der Waals surface area contributed by atoms with E-state index in [-0.39, 0.29) is 11.3 Å². The molecule has 0 bridgehead atoms. The molecule has 1 aliphatic heterocycles. The molecule has 148 valence electrons. The highest BCUT2D eigenvalue weighted by Gasteiger charge is 2.47. The molecule has 0 aliphatic carbocycles. The van der Waals surface area contributed by atoms with E-state index < -0.39 is 17.7 Å². The number of aliphatic hydroxyl groups excluding tert-OH is 1. The predicted octanol–water partition coefficient (Wildman–Crippen LogP) is 3.89. The van der Waals surface area contributed by atoms with E-state index in [9.17, 15) is 14.7 Å². The Morgan fingerprint density at radius 1 is 1.10 bits per heavy atom. The van der Waals surface area contributed by atoms with Crippen LogP contribution in [0.5, 0.6) is 0 Å². The number of hydrogen-bond donors (Lipinski definition) is 1. The maximum absolute atomic E-state index is 12.9. The molecule has 1 N–H and O–H groups in total. The van der Waals surface area contributed by atoms with E-state index in [2.05, 4.69) is 0 Å². The smallest absolute Gasteiger partial charge is 0.295 e. The Morgan fingerprint density at radius 3 is 2.66 bits per heavy atom. The number of likely N-dealkylation sites (tertiary alicyclic amines) is 1. The number of benzene rings is 2. The lowest BCUT2D eigenvalue weighted by molar-refractivity contribution is -0.140. The quantitative estimate of drug-likeness (QED) is 0.298. The molecule has 6 heteroatoms. The van der Waals surface area contributed by atoms with Crippen LogP contribution in [-0.4, -0.2) is 42.0 Å². The van der Waals surface area contributed by atoms with E-state index in [1.807, 2.05) is 36.4 Å². The van der Waals surface area contributed by atoms with Crippen molar-refractivity contribution in [2.45, 2.75) is 12.5 Å². The standard InChI is InChI=1S/C23H21NO5/c1-28-13-6-12-24-20(18-11-5-14-29-18)19(22(26)23(24)27)21(25)17-10-4-8-15-7-2-3-9-16(15)17/h2-5,7-11,14,20,25H,6,12-13H2,1H3/b21-19-. The summed E-state index contributed by atoms with van der Waals surface area (Å²) in [6, 6.07) is 15.7. The van der Waals surface area contributed by atoms with Crippen LogP contribution in [0.25, 0.3) is 16.5 Å². The molecule has 6 nitrogen and oxygen atoms in total. The van der Waals surface area contributed by atoms with Gasteiger partial charge in [-0.05, 0) is 29.3 Å². The lowest BCUT2D eigenvalue weighted by Crippen LogP contribution is -2.31. The van der Waals surface area contributed by atoms with Gasteiger partial charge in [0.2, 0.25) is 0 Å². The first kappa shape index (κ1) is 19.0. The molecule has 1 amide bonds. The molecule has 1 atom stereocenters. The maximum Gasteiger partial charge on any atom is 0.295 e. The first-order chi connectivity index (χ1) is 14.1. The van der Waals surface area contributed by atoms with Gasteiger partial charge in [-0.15, -0.1) is 0 Å². The van der Waals surface area contributed by atoms with Crippen molar-refractivity contribution < 1.29 is 23.8 Å². The fraction of sp³-hybridized carbons (Fsp3) is 0.217. The number of hydrogen-bond acceptors (Lipinski definition) is 5. The summed E-state index contributed by atoms with van der Waals surface area (Å²) >= 11 is 0. The fourth-order valence-corrected chi connectivity index (χ4v) is 3.81. The predicted molar refractivity (Wildman–Crippen MR) is 108 cm³/mol. The summed E-state index contributed by atoms with van der Waals surface area (Å²) in [5.41, 5.74) is 0.549. The molecule has 1 aromatic heterocycles. The number of ether oxygens (including phenoxy) is 1. The Balaban J connectivity index is 1.87. The first-order valence-corrected chi connectivity index (χ1v) is 9.42. The van der Waals surface area contributed by atoms with Gasteiger partial charge in [-0.1, -0.05) is 42.5 Å². The number of carbonyl (C=O) groups excluding carboxylic acids is 2. The maximum atomic E-state index is 12.9. The van der Waals surface area contributed by atoms with E-state index >= 15 is 0 Å². The van der Waals surface area contributed by atoms with Crippen molar-refractivity contribution in [3.8, 4) is 0 Å². The van der Waals surface area contributed by atoms with Crippen molar-refractivity contribution in [2.24, 2.45) is 0 Å². The molecule has 3 aromatic rings. The number of fused-ring (bicyclic) bond motifs is 1. The third kappa shape index (κ3) is 3.32. The van der Waals surface area contributed by atoms with E-state index in [4.69, 9.17) is 9.15 Å². The van der Waals surface area contributed by atoms with E-state index in [1.54, 1.807) is 25.3 Å². The van der Waals surface area contributed by atoms with Crippen LogP contribution in [0.2, 0.25) is 0 Å². The Kier molecular flexibility index (Phi) is 5.18. The van der Waals surface area contributed by atoms with Gasteiger partial charge in [-0.2, -0.15) is 0 Å². The van der Waals surface area contributed by atoms with Gasteiger partial charge in [0.25, 0.3) is 11.7 Å². The van der Waals surface area contributed by atoms with E-state index in [1.165, 1.54) is 11.2 Å². The number of rotatable bonds is 6. The highest BCUT2D eigenvalue weighted by Crippen LogP contribution is 2.40. The van der Waals surface area contributed by atoms with E-state index in [0.717, 1.165) is 10.8 Å². The van der Waals surface area contributed by atoms with Crippen LogP contribution in [0.3, 0.4) is 0 Å². The van der Waals surface area contributed by atoms with Gasteiger partial charge < -0.3 is 19.2 Å². The summed E-state index contributed by atoms with van der Waals surface area (Å²) in [5.74, 6) is -1.13. The summed E-state index contributed by atoms with van der Waals surface area (Å²) in [6.07, 6.45) is 2.05. The molecular weight excluding hydrogens is 370 g/mol. The lowest BCUT2D eigenvalue weighted by atomic mass is 9.96. The monoisotopic (exact) mass is 391 g/mol. The lowest BCUT2D eigenvalue weighted by Gasteiger charge is -2.23. The number of furan rings is 1. The Hall–Kier alpha value is -3.38. The van der Waals surface area contributed by atoms with Crippen LogP contribution in [0.1, 0.15) is 23.8 Å². The minimum atomic E-state index is -0.777. The second-order valence-corrected chi connectivity index (χ2v) is 6.88. The third-order valence-electron chi connectivity index (χ3n) is 5.14. The number of methoxy groups -OCH3 is 1. The number of ketones is 1. The van der Waals surface area contributed by atoms with Gasteiger partial charge in [0.15, 0.2) is 0 Å². The van der Waals surface area contributed by atoms with Crippen molar-refractivity contribution in [1.82, 2.24) is 4.90 Å². The molecule has 1 unspecified atom stereocenters. The highest BCUT2D eigenvalue weighted by atomic mass is 16.5. The third-order valence-corrected chi connectivity index (χ3v) is 5.14. The Bertz CT molecular complexity index is 1080. The number of carbonyl (C=O) groups is 2. The minimum absolute atomic E-state index is 0.0405. The zero-order valence-corrected chi connectivity index (χ0v) is 16.0. The SMILES string of the molecule is COCCCN1C(=O)C(=O)/C(=C(\O)c2cccc3ccccc23)C1c1ccco1. The van der Waals surface area contributed by atoms with Crippen LogP contribution in [0.4, 0.5) is 0 Å². The average molecular weight is 391 g/mol. The molecule has 29 heavy (non-hydrogen) atoms. The zero-order chi connectivity index (χ0) is 20.4. The average Bonchev–Trinajstić information content (AvgIpc) is 3.35. The Morgan fingerprint density at radius 2 is 1.90 bits per heavy atom. The van der Waals surface area contributed by atoms with Crippen molar-refractivity contribution in [3.63, 3.8) is 0 Å². The summed E-state index contributed by atoms with van der Waals surface area (Å²) in [4.78, 5) is 27.1. The summed E-state index contributed by atoms with van der Waals surface area (Å²) in [7, 11) is 1.58. The van der Waals surface area contributed by atoms with Crippen molar-refractivity contribution in [2.75, 3.05) is 20.3 Å². The molecule has 1 aliphatic rings. The van der Waals surface area contributed by atoms with Crippen molar-refractivity contribution in [3.05, 3.63) is 77.8 Å². The van der Waals surface area contributed by atoms with E-state index in [0.29, 0.717) is 30.9 Å². The molecular formula is C23H21NO5. The number of amides is 1. The first-order valence-electron chi connectivity index (χ1n) is 9.42. The van der Waals surface area contributed by atoms with Crippen LogP contribution >= 0.6 is 0 Å². The second-order valence-electron chi connectivity index (χ2n) is 6.88. The molecule has 4 rings (SSSR count). The largest absolute Gasteiger partial charge is 0.507 e. The molecule has 0 saturated carbocycles. The molecule has 1 fully saturated rings. The minimum Gasteiger partial charge on any atom is -0.507 e. The fourth-order valence-electron chi connectivity index (χ4n) is 3.81. The Labute approximate surface area is 168 Å². The highest BCUT2D eigenvalue weighted by molar-refractivity contribution is 6.46. The van der Waals surface area contributed by atoms with Crippen LogP contribution in [0.15, 0.2) is 70.9 Å². The molecule has 0 radical (unpaired) electrons. The van der Waals surface area contributed by atoms with Gasteiger partial charge in [0.1, 0.15) is 17.6 Å². The van der Waals surface area contributed by atoms with Crippen LogP contribution in [0, 0.1) is 0 Å². The summed E-state index contributed by atoms with van der Waals surface area (Å²) in [5, 5.41) is 12.9. The molecule has 2 aromatic carbocycles. The number of nitrogens with zero attached hydrogens (tertiary/aromatic N) is 1. The van der Waals surface area contributed by atoms with Crippen LogP contribution < -0.4 is 0 Å². The number of aliphatic hydroxyl groups is 1. The summed E-state index contributed by atoms with van der Waals surface area (Å²) in [6.45, 7) is 0.771. The zero-order valence-electron chi connectivity index (χ0n) is 16.0.